The molecule has 2 aliphatic heterocycles. The smallest absolute Gasteiger partial charge is 0.275 e. The van der Waals surface area contributed by atoms with E-state index in [0.717, 1.165) is 76.7 Å². The van der Waals surface area contributed by atoms with Crippen molar-refractivity contribution in [2.45, 2.75) is 78.6 Å². The van der Waals surface area contributed by atoms with Crippen molar-refractivity contribution in [3.63, 3.8) is 0 Å². The van der Waals surface area contributed by atoms with E-state index in [-0.39, 0.29) is 62.1 Å². The summed E-state index contributed by atoms with van der Waals surface area (Å²) in [6, 6.07) is 13.5. The van der Waals surface area contributed by atoms with E-state index in [1.54, 1.807) is 23.7 Å². The molecular formula is C53H70N10O9S. The number of carbonyl (C=O) groups excluding carboxylic acids is 4. The van der Waals surface area contributed by atoms with E-state index in [0.29, 0.717) is 45.3 Å². The van der Waals surface area contributed by atoms with Crippen molar-refractivity contribution < 1.29 is 43.2 Å². The van der Waals surface area contributed by atoms with Crippen LogP contribution in [0.4, 0.5) is 11.5 Å². The van der Waals surface area contributed by atoms with Gasteiger partial charge in [-0.1, -0.05) is 51.1 Å². The fourth-order valence-electron chi connectivity index (χ4n) is 8.80. The first-order chi connectivity index (χ1) is 35.1. The molecule has 20 heteroatoms. The molecule has 0 spiro atoms. The van der Waals surface area contributed by atoms with Gasteiger partial charge in [0.05, 0.1) is 105 Å². The summed E-state index contributed by atoms with van der Waals surface area (Å²) in [4.78, 5) is 78.5. The van der Waals surface area contributed by atoms with Gasteiger partial charge in [-0.05, 0) is 61.1 Å². The van der Waals surface area contributed by atoms with E-state index in [9.17, 15) is 24.3 Å². The van der Waals surface area contributed by atoms with Gasteiger partial charge in [0, 0.05) is 63.7 Å². The van der Waals surface area contributed by atoms with Crippen LogP contribution in [0.5, 0.6) is 0 Å². The van der Waals surface area contributed by atoms with Crippen LogP contribution in [0.1, 0.15) is 73.9 Å². The highest BCUT2D eigenvalue weighted by molar-refractivity contribution is 7.13. The molecule has 4 atom stereocenters. The Balaban J connectivity index is 0.701. The SMILES string of the molecule is Cc1cc(NC(=O)c2cnc(N3CCN(CCOCCOCCOCCOCCC(=O)N[C@H](C(=O)N4C[C@H](O)C[C@H]4C(=O)N[C@@H](C)c4ccc(-c5scnc5C)cc4)C(C)(C)C)CC3)cn2)c2ncccc2c1. The highest BCUT2D eigenvalue weighted by Gasteiger charge is 2.44. The number of ether oxygens (including phenoxy) is 4. The van der Waals surface area contributed by atoms with Gasteiger partial charge in [-0.2, -0.15) is 0 Å². The predicted octanol–water partition coefficient (Wildman–Crippen LogP) is 4.97. The number of piperazine rings is 1. The topological polar surface area (TPSA) is 223 Å². The molecule has 2 fully saturated rings. The van der Waals surface area contributed by atoms with Crippen molar-refractivity contribution in [3.05, 3.63) is 95.1 Å². The van der Waals surface area contributed by atoms with E-state index in [1.165, 1.54) is 11.1 Å². The van der Waals surface area contributed by atoms with Crippen LogP contribution in [-0.4, -0.2) is 169 Å². The van der Waals surface area contributed by atoms with Crippen molar-refractivity contribution in [1.29, 1.82) is 0 Å². The zero-order valence-corrected chi connectivity index (χ0v) is 43.6. The molecule has 73 heavy (non-hydrogen) atoms. The lowest BCUT2D eigenvalue weighted by Gasteiger charge is -2.35. The molecule has 0 radical (unpaired) electrons. The molecule has 2 saturated heterocycles. The second-order valence-electron chi connectivity index (χ2n) is 19.5. The van der Waals surface area contributed by atoms with Gasteiger partial charge in [0.25, 0.3) is 5.91 Å². The summed E-state index contributed by atoms with van der Waals surface area (Å²) >= 11 is 1.58. The molecule has 2 aromatic carbocycles. The number of hydrogen-bond acceptors (Lipinski definition) is 16. The highest BCUT2D eigenvalue weighted by Crippen LogP contribution is 2.30. The molecule has 4 amide bonds. The van der Waals surface area contributed by atoms with Crippen molar-refractivity contribution in [1.82, 2.24) is 40.4 Å². The molecule has 19 nitrogen and oxygen atoms in total. The third-order valence-electron chi connectivity index (χ3n) is 12.9. The fraction of sp³-hybridized carbons (Fsp3) is 0.509. The normalized spacial score (nSPS) is 17.1. The Bertz CT molecular complexity index is 2600. The minimum Gasteiger partial charge on any atom is -0.391 e. The first-order valence-corrected chi connectivity index (χ1v) is 25.9. The molecule has 0 saturated carbocycles. The lowest BCUT2D eigenvalue weighted by Crippen LogP contribution is -2.58. The summed E-state index contributed by atoms with van der Waals surface area (Å²) < 4.78 is 22.7. The number of fused-ring (bicyclic) bond motifs is 1. The number of likely N-dealkylation sites (tertiary alicyclic amines) is 1. The summed E-state index contributed by atoms with van der Waals surface area (Å²) in [7, 11) is 0. The number of aromatic nitrogens is 4. The van der Waals surface area contributed by atoms with Crippen LogP contribution in [0.3, 0.4) is 0 Å². The Labute approximate surface area is 431 Å². The number of pyridine rings is 1. The molecule has 392 valence electrons. The molecule has 4 N–H and O–H groups in total. The van der Waals surface area contributed by atoms with Crippen LogP contribution >= 0.6 is 11.3 Å². The highest BCUT2D eigenvalue weighted by atomic mass is 32.1. The number of aryl methyl sites for hydroxylation is 2. The lowest BCUT2D eigenvalue weighted by atomic mass is 9.85. The molecule has 2 aliphatic rings. The second-order valence-corrected chi connectivity index (χ2v) is 20.4. The molecule has 3 aromatic heterocycles. The maximum Gasteiger partial charge on any atom is 0.275 e. The fourth-order valence-corrected chi connectivity index (χ4v) is 9.61. The summed E-state index contributed by atoms with van der Waals surface area (Å²) in [5, 5.41) is 20.4. The standard InChI is InChI=1S/C53H70N10O9S/c1-35-28-40-8-7-14-54-47(40)42(29-35)59-50(66)43-31-56-45(32-55-43)62-17-15-61(16-18-62)19-21-70-23-25-72-27-26-71-24-22-69-20-13-46(65)60-49(53(4,5)6)52(68)63-33-41(64)30-44(63)51(67)58-36(2)38-9-11-39(12-10-38)48-37(3)57-34-73-48/h7-12,14,28-29,31-32,34,36,41,44,49,64H,13,15-27,30,33H2,1-6H3,(H,58,67)(H,59,66)(H,60,65)/t36-,41+,44-,49+/m0/s1. The number of rotatable bonds is 24. The predicted molar refractivity (Wildman–Crippen MR) is 279 cm³/mol. The Kier molecular flexibility index (Phi) is 19.7. The Morgan fingerprint density at radius 2 is 1.51 bits per heavy atom. The van der Waals surface area contributed by atoms with Gasteiger partial charge < -0.3 is 49.8 Å². The Morgan fingerprint density at radius 3 is 2.15 bits per heavy atom. The summed E-state index contributed by atoms with van der Waals surface area (Å²) in [5.41, 5.74) is 6.68. The van der Waals surface area contributed by atoms with E-state index in [1.807, 2.05) is 95.6 Å². The van der Waals surface area contributed by atoms with E-state index in [4.69, 9.17) is 18.9 Å². The molecular weight excluding hydrogens is 953 g/mol. The second kappa shape index (κ2) is 26.3. The number of β-amino-alcohol motifs (C(OH)–C–C–N with tert-alkyl or cyclic N) is 1. The average molecular weight is 1020 g/mol. The zero-order chi connectivity index (χ0) is 51.9. The number of aliphatic hydroxyl groups is 1. The molecule has 5 heterocycles. The van der Waals surface area contributed by atoms with Crippen molar-refractivity contribution in [2.24, 2.45) is 5.41 Å². The van der Waals surface area contributed by atoms with Gasteiger partial charge in [-0.3, -0.25) is 29.1 Å². The van der Waals surface area contributed by atoms with Crippen LogP contribution in [0.25, 0.3) is 21.3 Å². The first-order valence-electron chi connectivity index (χ1n) is 25.0. The van der Waals surface area contributed by atoms with Gasteiger partial charge >= 0.3 is 0 Å². The van der Waals surface area contributed by atoms with Gasteiger partial charge in [0.2, 0.25) is 17.7 Å². The number of amides is 4. The van der Waals surface area contributed by atoms with Gasteiger partial charge in [0.15, 0.2) is 0 Å². The van der Waals surface area contributed by atoms with Crippen LogP contribution in [0.15, 0.2) is 72.6 Å². The van der Waals surface area contributed by atoms with Crippen molar-refractivity contribution in [3.8, 4) is 10.4 Å². The summed E-state index contributed by atoms with van der Waals surface area (Å²) in [6.45, 7) is 18.5. The van der Waals surface area contributed by atoms with Crippen molar-refractivity contribution >= 4 is 57.4 Å². The quantitative estimate of drug-likeness (QED) is 0.0600. The number of benzene rings is 2. The monoisotopic (exact) mass is 1020 g/mol. The molecule has 7 rings (SSSR count). The molecule has 0 aliphatic carbocycles. The van der Waals surface area contributed by atoms with E-state index >= 15 is 0 Å². The molecule has 0 bridgehead atoms. The third kappa shape index (κ3) is 15.5. The Hall–Kier alpha value is -6.00. The summed E-state index contributed by atoms with van der Waals surface area (Å²) in [5.74, 6) is -0.745. The molecule has 5 aromatic rings. The Morgan fingerprint density at radius 1 is 0.822 bits per heavy atom. The van der Waals surface area contributed by atoms with E-state index < -0.39 is 29.5 Å². The zero-order valence-electron chi connectivity index (χ0n) is 42.8. The van der Waals surface area contributed by atoms with E-state index in [2.05, 4.69) is 45.7 Å². The van der Waals surface area contributed by atoms with Crippen LogP contribution in [0, 0.1) is 19.3 Å². The lowest BCUT2D eigenvalue weighted by molar-refractivity contribution is -0.144. The largest absolute Gasteiger partial charge is 0.391 e. The third-order valence-corrected chi connectivity index (χ3v) is 13.8. The van der Waals surface area contributed by atoms with Crippen LogP contribution in [-0.2, 0) is 33.3 Å². The molecule has 0 unspecified atom stereocenters. The van der Waals surface area contributed by atoms with Crippen molar-refractivity contribution in [2.75, 3.05) is 102 Å². The number of hydrogen-bond donors (Lipinski definition) is 4. The minimum atomic E-state index is -0.932. The minimum absolute atomic E-state index is 0.00777. The number of nitrogens with zero attached hydrogens (tertiary/aromatic N) is 7. The van der Waals surface area contributed by atoms with Gasteiger partial charge in [-0.15, -0.1) is 11.3 Å². The number of nitrogens with one attached hydrogen (secondary N) is 3. The first kappa shape index (κ1) is 54.8. The van der Waals surface area contributed by atoms with Gasteiger partial charge in [0.1, 0.15) is 23.6 Å². The summed E-state index contributed by atoms with van der Waals surface area (Å²) in [6.07, 6.45) is 4.13. The number of aliphatic hydroxyl groups excluding tert-OH is 1. The number of thiazole rings is 1. The average Bonchev–Trinajstić information content (AvgIpc) is 4.00. The van der Waals surface area contributed by atoms with Gasteiger partial charge in [-0.25, -0.2) is 15.0 Å². The van der Waals surface area contributed by atoms with Crippen LogP contribution < -0.4 is 20.9 Å². The maximum atomic E-state index is 14.0. The maximum absolute atomic E-state index is 14.0. The number of carbonyl (C=O) groups is 4. The number of anilines is 2. The van der Waals surface area contributed by atoms with Crippen LogP contribution in [0.2, 0.25) is 0 Å².